The molecule has 30 heavy (non-hydrogen) atoms. The highest BCUT2D eigenvalue weighted by molar-refractivity contribution is 6.36. The second kappa shape index (κ2) is 10.3. The summed E-state index contributed by atoms with van der Waals surface area (Å²) in [6, 6.07) is 6.35. The fourth-order valence-electron chi connectivity index (χ4n) is 3.42. The Morgan fingerprint density at radius 1 is 1.23 bits per heavy atom. The first-order chi connectivity index (χ1) is 14.3. The van der Waals surface area contributed by atoms with E-state index in [1.54, 1.807) is 18.2 Å². The predicted octanol–water partition coefficient (Wildman–Crippen LogP) is 2.02. The SMILES string of the molecule is O=C(Cc1c(Cl)cccc1Cl)NCCCC[C@H]1O[C@@H](n2ccc(=O)[nH]c2=O)C[C@@H]1O. The third-order valence-electron chi connectivity index (χ3n) is 5.00. The second-order valence-electron chi connectivity index (χ2n) is 7.17. The first-order valence-corrected chi connectivity index (χ1v) is 10.5. The summed E-state index contributed by atoms with van der Waals surface area (Å²) in [7, 11) is 0. The number of H-pyrrole nitrogens is 1. The van der Waals surface area contributed by atoms with Crippen molar-refractivity contribution in [2.24, 2.45) is 0 Å². The fraction of sp³-hybridized carbons (Fsp3) is 0.450. The van der Waals surface area contributed by atoms with Gasteiger partial charge in [0.05, 0.1) is 18.6 Å². The Morgan fingerprint density at radius 3 is 2.67 bits per heavy atom. The van der Waals surface area contributed by atoms with E-state index >= 15 is 0 Å². The first-order valence-electron chi connectivity index (χ1n) is 9.69. The normalized spacial score (nSPS) is 21.0. The summed E-state index contributed by atoms with van der Waals surface area (Å²) in [5, 5.41) is 14.0. The molecule has 1 aliphatic rings. The number of nitrogens with one attached hydrogen (secondary N) is 2. The van der Waals surface area contributed by atoms with Gasteiger partial charge >= 0.3 is 5.69 Å². The molecule has 3 atom stereocenters. The zero-order chi connectivity index (χ0) is 21.7. The molecule has 0 saturated carbocycles. The van der Waals surface area contributed by atoms with Crippen molar-refractivity contribution in [3.63, 3.8) is 0 Å². The maximum Gasteiger partial charge on any atom is 0.330 e. The number of rotatable bonds is 8. The van der Waals surface area contributed by atoms with E-state index in [1.165, 1.54) is 16.8 Å². The number of aromatic nitrogens is 2. The van der Waals surface area contributed by atoms with E-state index in [4.69, 9.17) is 27.9 Å². The van der Waals surface area contributed by atoms with Crippen LogP contribution in [-0.2, 0) is 16.0 Å². The molecule has 0 unspecified atom stereocenters. The van der Waals surface area contributed by atoms with E-state index in [-0.39, 0.29) is 18.7 Å². The number of carbonyl (C=O) groups excluding carboxylic acids is 1. The highest BCUT2D eigenvalue weighted by Gasteiger charge is 2.34. The van der Waals surface area contributed by atoms with E-state index < -0.39 is 29.7 Å². The molecule has 1 fully saturated rings. The van der Waals surface area contributed by atoms with Gasteiger partial charge in [-0.05, 0) is 37.0 Å². The maximum atomic E-state index is 12.1. The van der Waals surface area contributed by atoms with Crippen LogP contribution in [-0.4, -0.2) is 39.3 Å². The minimum absolute atomic E-state index is 0.110. The van der Waals surface area contributed by atoms with Gasteiger partial charge in [0.2, 0.25) is 5.91 Å². The molecule has 1 aromatic heterocycles. The van der Waals surface area contributed by atoms with E-state index in [1.807, 2.05) is 0 Å². The lowest BCUT2D eigenvalue weighted by molar-refractivity contribution is -0.120. The molecule has 1 amide bonds. The van der Waals surface area contributed by atoms with Gasteiger partial charge in [0.25, 0.3) is 5.56 Å². The van der Waals surface area contributed by atoms with Gasteiger partial charge in [0.1, 0.15) is 6.23 Å². The molecule has 1 aromatic carbocycles. The highest BCUT2D eigenvalue weighted by Crippen LogP contribution is 2.30. The number of ether oxygens (including phenoxy) is 1. The number of aliphatic hydroxyl groups excluding tert-OH is 1. The molecule has 0 bridgehead atoms. The molecule has 1 saturated heterocycles. The molecule has 3 N–H and O–H groups in total. The number of aromatic amines is 1. The number of halogens is 2. The maximum absolute atomic E-state index is 12.1. The molecule has 0 aliphatic carbocycles. The van der Waals surface area contributed by atoms with E-state index in [2.05, 4.69) is 10.3 Å². The van der Waals surface area contributed by atoms with Crippen molar-refractivity contribution in [2.45, 2.75) is 50.5 Å². The van der Waals surface area contributed by atoms with Crippen LogP contribution in [0.5, 0.6) is 0 Å². The van der Waals surface area contributed by atoms with Gasteiger partial charge in [0, 0.05) is 35.3 Å². The summed E-state index contributed by atoms with van der Waals surface area (Å²) in [5.41, 5.74) is -0.448. The number of hydrogen-bond donors (Lipinski definition) is 3. The molecule has 162 valence electrons. The van der Waals surface area contributed by atoms with Gasteiger partial charge in [-0.2, -0.15) is 0 Å². The topological polar surface area (TPSA) is 113 Å². The zero-order valence-electron chi connectivity index (χ0n) is 16.1. The fourth-order valence-corrected chi connectivity index (χ4v) is 3.95. The summed E-state index contributed by atoms with van der Waals surface area (Å²) in [6.45, 7) is 0.479. The van der Waals surface area contributed by atoms with E-state index in [9.17, 15) is 19.5 Å². The van der Waals surface area contributed by atoms with Crippen LogP contribution < -0.4 is 16.6 Å². The van der Waals surface area contributed by atoms with Gasteiger partial charge in [-0.25, -0.2) is 4.79 Å². The molecular weight excluding hydrogens is 433 g/mol. The zero-order valence-corrected chi connectivity index (χ0v) is 17.7. The Hall–Kier alpha value is -2.13. The minimum atomic E-state index is -0.703. The van der Waals surface area contributed by atoms with Gasteiger partial charge in [-0.1, -0.05) is 29.3 Å². The highest BCUT2D eigenvalue weighted by atomic mass is 35.5. The van der Waals surface area contributed by atoms with Crippen LogP contribution in [0.4, 0.5) is 0 Å². The number of amides is 1. The van der Waals surface area contributed by atoms with Crippen molar-refractivity contribution in [1.82, 2.24) is 14.9 Å². The number of nitrogens with zero attached hydrogens (tertiary/aromatic N) is 1. The summed E-state index contributed by atoms with van der Waals surface area (Å²) >= 11 is 12.2. The number of unbranched alkanes of at least 4 members (excludes halogenated alkanes) is 1. The average Bonchev–Trinajstić information content (AvgIpc) is 3.05. The third-order valence-corrected chi connectivity index (χ3v) is 5.71. The predicted molar refractivity (Wildman–Crippen MR) is 113 cm³/mol. The minimum Gasteiger partial charge on any atom is -0.390 e. The Balaban J connectivity index is 1.40. The van der Waals surface area contributed by atoms with E-state index in [0.29, 0.717) is 35.0 Å². The van der Waals surface area contributed by atoms with Gasteiger partial charge in [-0.15, -0.1) is 0 Å². The number of benzene rings is 1. The van der Waals surface area contributed by atoms with Crippen molar-refractivity contribution in [3.8, 4) is 0 Å². The largest absolute Gasteiger partial charge is 0.390 e. The molecule has 10 heteroatoms. The van der Waals surface area contributed by atoms with E-state index in [0.717, 1.165) is 6.42 Å². The monoisotopic (exact) mass is 455 g/mol. The molecule has 1 aliphatic heterocycles. The number of carbonyl (C=O) groups is 1. The van der Waals surface area contributed by atoms with Gasteiger partial charge < -0.3 is 15.2 Å². The van der Waals surface area contributed by atoms with Crippen LogP contribution in [0.2, 0.25) is 10.0 Å². The molecule has 2 aromatic rings. The van der Waals surface area contributed by atoms with Crippen molar-refractivity contribution in [3.05, 3.63) is 66.9 Å². The molecule has 8 nitrogen and oxygen atoms in total. The first kappa shape index (κ1) is 22.6. The molecule has 0 radical (unpaired) electrons. The summed E-state index contributed by atoms with van der Waals surface area (Å²) < 4.78 is 7.06. The molecular formula is C20H23Cl2N3O5. The van der Waals surface area contributed by atoms with Crippen molar-refractivity contribution < 1.29 is 14.6 Å². The Morgan fingerprint density at radius 2 is 1.97 bits per heavy atom. The molecule has 3 rings (SSSR count). The van der Waals surface area contributed by atoms with Crippen molar-refractivity contribution in [2.75, 3.05) is 6.54 Å². The number of hydrogen-bond acceptors (Lipinski definition) is 5. The summed E-state index contributed by atoms with van der Waals surface area (Å²) in [5.74, 6) is -0.167. The quantitative estimate of drug-likeness (QED) is 0.526. The lowest BCUT2D eigenvalue weighted by Crippen LogP contribution is -2.31. The van der Waals surface area contributed by atoms with Crippen molar-refractivity contribution in [1.29, 1.82) is 0 Å². The van der Waals surface area contributed by atoms with Gasteiger partial charge in [0.15, 0.2) is 0 Å². The molecule has 0 spiro atoms. The number of aliphatic hydroxyl groups is 1. The third kappa shape index (κ3) is 5.72. The van der Waals surface area contributed by atoms with Crippen LogP contribution in [0.15, 0.2) is 40.1 Å². The van der Waals surface area contributed by atoms with Crippen LogP contribution in [0.25, 0.3) is 0 Å². The Labute approximate surface area is 182 Å². The summed E-state index contributed by atoms with van der Waals surface area (Å²) in [6.07, 6.45) is 2.03. The molecule has 2 heterocycles. The average molecular weight is 456 g/mol. The Bertz CT molecular complexity index is 986. The lowest BCUT2D eigenvalue weighted by atomic mass is 10.1. The van der Waals surface area contributed by atoms with Crippen LogP contribution in [0, 0.1) is 0 Å². The van der Waals surface area contributed by atoms with Gasteiger partial charge in [-0.3, -0.25) is 19.1 Å². The van der Waals surface area contributed by atoms with Crippen LogP contribution in [0.1, 0.15) is 37.5 Å². The van der Waals surface area contributed by atoms with Crippen LogP contribution >= 0.6 is 23.2 Å². The standard InChI is InChI=1S/C20H23Cl2N3O5/c21-13-4-3-5-14(22)12(13)10-18(28)23-8-2-1-6-16-15(26)11-19(30-16)25-9-7-17(27)24-20(25)29/h3-5,7,9,15-16,19,26H,1-2,6,8,10-11H2,(H,23,28)(H,24,27,29)/t15-,16+,19+/m0/s1. The smallest absolute Gasteiger partial charge is 0.330 e. The lowest BCUT2D eigenvalue weighted by Gasteiger charge is -2.16. The Kier molecular flexibility index (Phi) is 7.71. The van der Waals surface area contributed by atoms with Crippen molar-refractivity contribution >= 4 is 29.1 Å². The second-order valence-corrected chi connectivity index (χ2v) is 7.99. The van der Waals surface area contributed by atoms with Crippen LogP contribution in [0.3, 0.4) is 0 Å². The summed E-state index contributed by atoms with van der Waals surface area (Å²) in [4.78, 5) is 37.3.